The van der Waals surface area contributed by atoms with Crippen LogP contribution in [0.4, 0.5) is 4.39 Å². The van der Waals surface area contributed by atoms with Crippen molar-refractivity contribution in [3.8, 4) is 17.0 Å². The maximum atomic E-state index is 13.8. The molecule has 9 heteroatoms. The standard InChI is InChI=1S/C24H17Cl2FN4O2/c25-19-5-2-1-4-16(19)14-33-17-10-8-15(9-11-17)22-12-23(30-29-22)24(32)31-28-13-18-20(26)6-3-7-21(18)27/h1-13H,14H2,(H,29,30)(H,31,32). The summed E-state index contributed by atoms with van der Waals surface area (Å²) in [7, 11) is 0. The van der Waals surface area contributed by atoms with E-state index in [0.29, 0.717) is 23.1 Å². The molecule has 2 N–H and O–H groups in total. The van der Waals surface area contributed by atoms with E-state index >= 15 is 0 Å². The number of aromatic amines is 1. The molecule has 0 spiro atoms. The van der Waals surface area contributed by atoms with Gasteiger partial charge in [0.1, 0.15) is 23.9 Å². The Morgan fingerprint density at radius 1 is 1.06 bits per heavy atom. The van der Waals surface area contributed by atoms with Crippen molar-refractivity contribution in [2.24, 2.45) is 5.10 Å². The first-order valence-corrected chi connectivity index (χ1v) is 10.6. The fraction of sp³-hybridized carbons (Fsp3) is 0.0417. The van der Waals surface area contributed by atoms with Crippen LogP contribution in [0.25, 0.3) is 11.3 Å². The lowest BCUT2D eigenvalue weighted by Gasteiger charge is -2.08. The van der Waals surface area contributed by atoms with Crippen molar-refractivity contribution in [1.29, 1.82) is 0 Å². The number of rotatable bonds is 7. The summed E-state index contributed by atoms with van der Waals surface area (Å²) in [5.74, 6) is -0.394. The fourth-order valence-electron chi connectivity index (χ4n) is 2.93. The number of carbonyl (C=O) groups excluding carboxylic acids is 1. The van der Waals surface area contributed by atoms with E-state index in [4.69, 9.17) is 27.9 Å². The van der Waals surface area contributed by atoms with E-state index in [0.717, 1.165) is 17.3 Å². The van der Waals surface area contributed by atoms with E-state index in [1.807, 2.05) is 48.5 Å². The van der Waals surface area contributed by atoms with Gasteiger partial charge in [-0.1, -0.05) is 47.5 Å². The number of nitrogens with one attached hydrogen (secondary N) is 2. The molecule has 0 atom stereocenters. The molecule has 33 heavy (non-hydrogen) atoms. The Morgan fingerprint density at radius 2 is 1.82 bits per heavy atom. The minimum absolute atomic E-state index is 0.0848. The molecule has 1 amide bonds. The van der Waals surface area contributed by atoms with E-state index in [1.165, 1.54) is 18.2 Å². The van der Waals surface area contributed by atoms with Gasteiger partial charge >= 0.3 is 0 Å². The molecule has 0 radical (unpaired) electrons. The average Bonchev–Trinajstić information content (AvgIpc) is 3.31. The molecule has 0 aliphatic heterocycles. The third-order valence-corrected chi connectivity index (χ3v) is 5.38. The Kier molecular flexibility index (Phi) is 7.02. The summed E-state index contributed by atoms with van der Waals surface area (Å²) < 4.78 is 19.5. The first-order chi connectivity index (χ1) is 16.0. The van der Waals surface area contributed by atoms with Gasteiger partial charge in [-0.3, -0.25) is 9.89 Å². The van der Waals surface area contributed by atoms with Crippen molar-refractivity contribution in [2.75, 3.05) is 0 Å². The minimum atomic E-state index is -0.538. The van der Waals surface area contributed by atoms with Gasteiger partial charge in [0.15, 0.2) is 0 Å². The van der Waals surface area contributed by atoms with E-state index in [2.05, 4.69) is 20.7 Å². The van der Waals surface area contributed by atoms with Crippen LogP contribution < -0.4 is 10.2 Å². The van der Waals surface area contributed by atoms with Crippen molar-refractivity contribution >= 4 is 35.3 Å². The highest BCUT2D eigenvalue weighted by molar-refractivity contribution is 6.33. The van der Waals surface area contributed by atoms with Crippen LogP contribution in [0.1, 0.15) is 21.6 Å². The van der Waals surface area contributed by atoms with E-state index in [-0.39, 0.29) is 16.3 Å². The van der Waals surface area contributed by atoms with Crippen LogP contribution in [0.2, 0.25) is 10.0 Å². The Labute approximate surface area is 199 Å². The van der Waals surface area contributed by atoms with Crippen LogP contribution in [-0.4, -0.2) is 22.3 Å². The number of nitrogens with zero attached hydrogens (tertiary/aromatic N) is 2. The number of hydrogen-bond acceptors (Lipinski definition) is 4. The number of benzene rings is 3. The van der Waals surface area contributed by atoms with Crippen molar-refractivity contribution in [2.45, 2.75) is 6.61 Å². The van der Waals surface area contributed by atoms with Crippen LogP contribution in [0.3, 0.4) is 0 Å². The highest BCUT2D eigenvalue weighted by atomic mass is 35.5. The molecule has 0 aliphatic rings. The molecule has 0 bridgehead atoms. The van der Waals surface area contributed by atoms with Crippen LogP contribution >= 0.6 is 23.2 Å². The first kappa shape index (κ1) is 22.5. The van der Waals surface area contributed by atoms with Gasteiger partial charge in [-0.25, -0.2) is 9.82 Å². The lowest BCUT2D eigenvalue weighted by molar-refractivity contribution is 0.0950. The number of ether oxygens (including phenoxy) is 1. The minimum Gasteiger partial charge on any atom is -0.489 e. The number of halogens is 3. The molecule has 1 aromatic heterocycles. The summed E-state index contributed by atoms with van der Waals surface area (Å²) in [6.45, 7) is 0.352. The molecular weight excluding hydrogens is 466 g/mol. The zero-order valence-electron chi connectivity index (χ0n) is 17.1. The average molecular weight is 483 g/mol. The monoisotopic (exact) mass is 482 g/mol. The van der Waals surface area contributed by atoms with Gasteiger partial charge < -0.3 is 4.74 Å². The number of aromatic nitrogens is 2. The smallest absolute Gasteiger partial charge is 0.289 e. The highest BCUT2D eigenvalue weighted by Crippen LogP contribution is 2.23. The Bertz CT molecular complexity index is 1290. The molecule has 4 aromatic rings. The summed E-state index contributed by atoms with van der Waals surface area (Å²) in [4.78, 5) is 12.3. The number of hydrogen-bond donors (Lipinski definition) is 2. The molecule has 3 aromatic carbocycles. The quantitative estimate of drug-likeness (QED) is 0.255. The van der Waals surface area contributed by atoms with E-state index in [1.54, 1.807) is 6.07 Å². The van der Waals surface area contributed by atoms with Crippen LogP contribution in [0.5, 0.6) is 5.75 Å². The lowest BCUT2D eigenvalue weighted by Crippen LogP contribution is -2.18. The number of H-pyrrole nitrogens is 1. The summed E-state index contributed by atoms with van der Waals surface area (Å²) in [5, 5.41) is 11.4. The van der Waals surface area contributed by atoms with Crippen LogP contribution in [0, 0.1) is 5.82 Å². The van der Waals surface area contributed by atoms with E-state index in [9.17, 15) is 9.18 Å². The van der Waals surface area contributed by atoms with Gasteiger partial charge in [0, 0.05) is 21.7 Å². The molecule has 0 saturated heterocycles. The van der Waals surface area contributed by atoms with Gasteiger partial charge in [0.05, 0.1) is 16.9 Å². The van der Waals surface area contributed by atoms with Crippen molar-refractivity contribution < 1.29 is 13.9 Å². The third kappa shape index (κ3) is 5.58. The Balaban J connectivity index is 1.37. The predicted octanol–water partition coefficient (Wildman–Crippen LogP) is 5.87. The summed E-state index contributed by atoms with van der Waals surface area (Å²) in [5.41, 5.74) is 4.85. The van der Waals surface area contributed by atoms with Crippen LogP contribution in [-0.2, 0) is 6.61 Å². The predicted molar refractivity (Wildman–Crippen MR) is 126 cm³/mol. The van der Waals surface area contributed by atoms with Gasteiger partial charge in [0.2, 0.25) is 0 Å². The second-order valence-electron chi connectivity index (χ2n) is 6.91. The zero-order valence-corrected chi connectivity index (χ0v) is 18.6. The van der Waals surface area contributed by atoms with Crippen molar-refractivity contribution in [1.82, 2.24) is 15.6 Å². The molecule has 0 aliphatic carbocycles. The van der Waals surface area contributed by atoms with Gasteiger partial charge in [-0.15, -0.1) is 0 Å². The van der Waals surface area contributed by atoms with E-state index < -0.39 is 11.7 Å². The largest absolute Gasteiger partial charge is 0.489 e. The Morgan fingerprint density at radius 3 is 2.58 bits per heavy atom. The van der Waals surface area contributed by atoms with Gasteiger partial charge in [0.25, 0.3) is 5.91 Å². The molecule has 0 unspecified atom stereocenters. The molecule has 0 saturated carbocycles. The third-order valence-electron chi connectivity index (χ3n) is 4.68. The SMILES string of the molecule is O=C(NN=Cc1c(F)cccc1Cl)c1cc(-c2ccc(OCc3ccccc3Cl)cc2)n[nH]1. The molecule has 6 nitrogen and oxygen atoms in total. The highest BCUT2D eigenvalue weighted by Gasteiger charge is 2.11. The fourth-order valence-corrected chi connectivity index (χ4v) is 3.34. The number of hydrazone groups is 1. The molecule has 166 valence electrons. The maximum Gasteiger partial charge on any atom is 0.289 e. The second kappa shape index (κ2) is 10.3. The zero-order chi connectivity index (χ0) is 23.2. The lowest BCUT2D eigenvalue weighted by atomic mass is 10.1. The summed E-state index contributed by atoms with van der Waals surface area (Å²) >= 11 is 12.1. The number of amides is 1. The van der Waals surface area contributed by atoms with Gasteiger partial charge in [-0.2, -0.15) is 10.2 Å². The summed E-state index contributed by atoms with van der Waals surface area (Å²) in [6, 6.07) is 20.6. The van der Waals surface area contributed by atoms with Crippen LogP contribution in [0.15, 0.2) is 77.9 Å². The molecule has 1 heterocycles. The summed E-state index contributed by atoms with van der Waals surface area (Å²) in [6.07, 6.45) is 1.15. The topological polar surface area (TPSA) is 79.4 Å². The second-order valence-corrected chi connectivity index (χ2v) is 7.72. The molecule has 0 fully saturated rings. The van der Waals surface area contributed by atoms with Gasteiger partial charge in [-0.05, 0) is 48.5 Å². The van der Waals surface area contributed by atoms with Crippen molar-refractivity contribution in [3.63, 3.8) is 0 Å². The number of carbonyl (C=O) groups is 1. The molecular formula is C24H17Cl2FN4O2. The Hall–Kier alpha value is -3.68. The normalized spacial score (nSPS) is 11.0. The molecule has 4 rings (SSSR count). The maximum absolute atomic E-state index is 13.8. The first-order valence-electron chi connectivity index (χ1n) is 9.81. The van der Waals surface area contributed by atoms with Crippen molar-refractivity contribution in [3.05, 3.63) is 105 Å².